The Kier molecular flexibility index (Phi) is 3.84. The standard InChI is InChI=1S/C16H14FNO3/c1-16(2,11-7-4-3-5-8-11)15(19)12-9-6-10-13(14(12)17)18(20)21/h3-10H,1-2H3. The first-order valence-corrected chi connectivity index (χ1v) is 6.39. The van der Waals surface area contributed by atoms with Crippen molar-refractivity contribution in [2.24, 2.45) is 0 Å². The number of halogens is 1. The molecule has 0 spiro atoms. The number of hydrogen-bond acceptors (Lipinski definition) is 3. The maximum atomic E-state index is 14.2. The second-order valence-corrected chi connectivity index (χ2v) is 5.22. The lowest BCUT2D eigenvalue weighted by atomic mass is 9.78. The molecular weight excluding hydrogens is 273 g/mol. The largest absolute Gasteiger partial charge is 0.305 e. The smallest absolute Gasteiger partial charge is 0.293 e. The zero-order valence-electron chi connectivity index (χ0n) is 11.7. The van der Waals surface area contributed by atoms with Crippen molar-refractivity contribution in [2.45, 2.75) is 19.3 Å². The fourth-order valence-corrected chi connectivity index (χ4v) is 2.16. The lowest BCUT2D eigenvalue weighted by Gasteiger charge is -2.23. The number of nitrogens with zero attached hydrogens (tertiary/aromatic N) is 1. The second-order valence-electron chi connectivity index (χ2n) is 5.22. The van der Waals surface area contributed by atoms with E-state index < -0.39 is 27.6 Å². The molecule has 5 heteroatoms. The summed E-state index contributed by atoms with van der Waals surface area (Å²) in [5.74, 6) is -1.58. The summed E-state index contributed by atoms with van der Waals surface area (Å²) in [5.41, 5.74) is -1.21. The molecule has 0 atom stereocenters. The average molecular weight is 287 g/mol. The van der Waals surface area contributed by atoms with Crippen LogP contribution in [0, 0.1) is 15.9 Å². The summed E-state index contributed by atoms with van der Waals surface area (Å²) in [6.45, 7) is 3.34. The van der Waals surface area contributed by atoms with Gasteiger partial charge in [-0.3, -0.25) is 14.9 Å². The first-order valence-electron chi connectivity index (χ1n) is 6.39. The Balaban J connectivity index is 2.50. The van der Waals surface area contributed by atoms with Gasteiger partial charge in [-0.1, -0.05) is 36.4 Å². The third kappa shape index (κ3) is 2.67. The Morgan fingerprint density at radius 1 is 1.10 bits per heavy atom. The zero-order chi connectivity index (χ0) is 15.6. The van der Waals surface area contributed by atoms with Crippen LogP contribution in [0.4, 0.5) is 10.1 Å². The minimum Gasteiger partial charge on any atom is -0.293 e. The van der Waals surface area contributed by atoms with E-state index >= 15 is 0 Å². The van der Waals surface area contributed by atoms with Crippen LogP contribution in [0.2, 0.25) is 0 Å². The second kappa shape index (κ2) is 5.44. The normalized spacial score (nSPS) is 11.2. The minimum absolute atomic E-state index is 0.266. The molecule has 0 unspecified atom stereocenters. The van der Waals surface area contributed by atoms with Gasteiger partial charge in [0.1, 0.15) is 0 Å². The molecule has 0 amide bonds. The lowest BCUT2D eigenvalue weighted by Crippen LogP contribution is -2.30. The van der Waals surface area contributed by atoms with Crippen LogP contribution in [-0.2, 0) is 5.41 Å². The average Bonchev–Trinajstić information content (AvgIpc) is 2.47. The monoisotopic (exact) mass is 287 g/mol. The third-order valence-electron chi connectivity index (χ3n) is 3.48. The summed E-state index contributed by atoms with van der Waals surface area (Å²) in [6, 6.07) is 12.6. The summed E-state index contributed by atoms with van der Waals surface area (Å²) in [7, 11) is 0. The van der Waals surface area contributed by atoms with Gasteiger partial charge in [-0.2, -0.15) is 4.39 Å². The zero-order valence-corrected chi connectivity index (χ0v) is 11.7. The first kappa shape index (κ1) is 14.8. The Bertz CT molecular complexity index is 696. The molecule has 2 rings (SSSR count). The molecule has 0 fully saturated rings. The molecular formula is C16H14FNO3. The maximum Gasteiger partial charge on any atom is 0.305 e. The molecule has 0 aliphatic heterocycles. The number of carbonyl (C=O) groups excluding carboxylic acids is 1. The number of rotatable bonds is 4. The Morgan fingerprint density at radius 2 is 1.71 bits per heavy atom. The van der Waals surface area contributed by atoms with Crippen molar-refractivity contribution in [2.75, 3.05) is 0 Å². The van der Waals surface area contributed by atoms with Gasteiger partial charge in [-0.05, 0) is 25.5 Å². The van der Waals surface area contributed by atoms with E-state index in [-0.39, 0.29) is 5.56 Å². The van der Waals surface area contributed by atoms with Crippen molar-refractivity contribution >= 4 is 11.5 Å². The van der Waals surface area contributed by atoms with Crippen molar-refractivity contribution in [1.29, 1.82) is 0 Å². The molecule has 0 radical (unpaired) electrons. The fourth-order valence-electron chi connectivity index (χ4n) is 2.16. The lowest BCUT2D eigenvalue weighted by molar-refractivity contribution is -0.387. The van der Waals surface area contributed by atoms with Crippen LogP contribution < -0.4 is 0 Å². The van der Waals surface area contributed by atoms with Crippen molar-refractivity contribution in [3.63, 3.8) is 0 Å². The van der Waals surface area contributed by atoms with Crippen LogP contribution in [0.3, 0.4) is 0 Å². The van der Waals surface area contributed by atoms with E-state index in [0.29, 0.717) is 0 Å². The highest BCUT2D eigenvalue weighted by Crippen LogP contribution is 2.30. The number of nitro groups is 1. The number of nitro benzene ring substituents is 1. The topological polar surface area (TPSA) is 60.2 Å². The van der Waals surface area contributed by atoms with Gasteiger partial charge in [0.05, 0.1) is 15.9 Å². The van der Waals surface area contributed by atoms with Crippen LogP contribution in [0.25, 0.3) is 0 Å². The molecule has 21 heavy (non-hydrogen) atoms. The van der Waals surface area contributed by atoms with E-state index in [1.807, 2.05) is 6.07 Å². The van der Waals surface area contributed by atoms with E-state index in [4.69, 9.17) is 0 Å². The molecule has 0 heterocycles. The molecule has 4 nitrogen and oxygen atoms in total. The summed E-state index contributed by atoms with van der Waals surface area (Å²) >= 11 is 0. The number of Topliss-reactive ketones (excluding diaryl/α,β-unsaturated/α-hetero) is 1. The van der Waals surface area contributed by atoms with Gasteiger partial charge in [0.15, 0.2) is 5.78 Å². The molecule has 0 aliphatic carbocycles. The highest BCUT2D eigenvalue weighted by molar-refractivity contribution is 6.04. The van der Waals surface area contributed by atoms with Crippen molar-refractivity contribution < 1.29 is 14.1 Å². The molecule has 2 aromatic rings. The summed E-state index contributed by atoms with van der Waals surface area (Å²) in [4.78, 5) is 22.5. The SMILES string of the molecule is CC(C)(C(=O)c1cccc([N+](=O)[O-])c1F)c1ccccc1. The van der Waals surface area contributed by atoms with Crippen LogP contribution >= 0.6 is 0 Å². The molecule has 0 saturated carbocycles. The van der Waals surface area contributed by atoms with Gasteiger partial charge in [0, 0.05) is 6.07 Å². The fraction of sp³-hybridized carbons (Fsp3) is 0.188. The molecule has 0 bridgehead atoms. The van der Waals surface area contributed by atoms with Gasteiger partial charge < -0.3 is 0 Å². The number of ketones is 1. The summed E-state index contributed by atoms with van der Waals surface area (Å²) in [6.07, 6.45) is 0. The van der Waals surface area contributed by atoms with Crippen molar-refractivity contribution in [3.8, 4) is 0 Å². The van der Waals surface area contributed by atoms with Crippen LogP contribution in [-0.4, -0.2) is 10.7 Å². The quantitative estimate of drug-likeness (QED) is 0.487. The molecule has 2 aromatic carbocycles. The molecule has 0 aromatic heterocycles. The highest BCUT2D eigenvalue weighted by Gasteiger charge is 2.34. The van der Waals surface area contributed by atoms with Gasteiger partial charge >= 0.3 is 5.69 Å². The number of benzene rings is 2. The van der Waals surface area contributed by atoms with Gasteiger partial charge in [0.2, 0.25) is 5.82 Å². The molecule has 108 valence electrons. The van der Waals surface area contributed by atoms with E-state index in [9.17, 15) is 19.3 Å². The van der Waals surface area contributed by atoms with Crippen molar-refractivity contribution in [1.82, 2.24) is 0 Å². The van der Waals surface area contributed by atoms with E-state index in [2.05, 4.69) is 0 Å². The third-order valence-corrected chi connectivity index (χ3v) is 3.48. The van der Waals surface area contributed by atoms with Crippen molar-refractivity contribution in [3.05, 3.63) is 75.6 Å². The first-order chi connectivity index (χ1) is 9.85. The summed E-state index contributed by atoms with van der Waals surface area (Å²) < 4.78 is 14.2. The molecule has 0 aliphatic rings. The summed E-state index contributed by atoms with van der Waals surface area (Å²) in [5, 5.41) is 10.8. The highest BCUT2D eigenvalue weighted by atomic mass is 19.1. The van der Waals surface area contributed by atoms with Gasteiger partial charge in [0.25, 0.3) is 0 Å². The van der Waals surface area contributed by atoms with Gasteiger partial charge in [-0.25, -0.2) is 0 Å². The maximum absolute atomic E-state index is 14.2. The Hall–Kier alpha value is -2.56. The molecule has 0 saturated heterocycles. The van der Waals surface area contributed by atoms with Crippen LogP contribution in [0.1, 0.15) is 29.8 Å². The van der Waals surface area contributed by atoms with Crippen LogP contribution in [0.5, 0.6) is 0 Å². The van der Waals surface area contributed by atoms with Crippen LogP contribution in [0.15, 0.2) is 48.5 Å². The predicted octanol–water partition coefficient (Wildman–Crippen LogP) is 3.89. The Labute approximate surface area is 121 Å². The van der Waals surface area contributed by atoms with E-state index in [1.165, 1.54) is 12.1 Å². The van der Waals surface area contributed by atoms with E-state index in [0.717, 1.165) is 11.6 Å². The number of carbonyl (C=O) groups is 1. The van der Waals surface area contributed by atoms with E-state index in [1.54, 1.807) is 38.1 Å². The minimum atomic E-state index is -1.09. The predicted molar refractivity (Wildman–Crippen MR) is 76.9 cm³/mol. The molecule has 0 N–H and O–H groups in total. The number of hydrogen-bond donors (Lipinski definition) is 0. The van der Waals surface area contributed by atoms with Gasteiger partial charge in [-0.15, -0.1) is 0 Å². The Morgan fingerprint density at radius 3 is 2.29 bits per heavy atom.